The number of allylic oxidation sites excluding steroid dienone is 3. The lowest BCUT2D eigenvalue weighted by Crippen LogP contribution is -2.30. The highest BCUT2D eigenvalue weighted by atomic mass is 16.6. The van der Waals surface area contributed by atoms with Crippen LogP contribution in [0, 0.1) is 0 Å². The minimum Gasteiger partial charge on any atom is -0.458 e. The lowest BCUT2D eigenvalue weighted by Gasteiger charge is -2.16. The average molecular weight is 595 g/mol. The molecule has 1 atom stereocenters. The number of hydrogen-bond donors (Lipinski definition) is 2. The zero-order valence-corrected chi connectivity index (χ0v) is 26.1. The van der Waals surface area contributed by atoms with Crippen LogP contribution in [-0.2, 0) is 28.6 Å². The van der Waals surface area contributed by atoms with Crippen LogP contribution in [0.4, 0.5) is 0 Å². The van der Waals surface area contributed by atoms with E-state index < -0.39 is 24.0 Å². The molecular weight excluding hydrogens is 536 g/mol. The number of esters is 3. The van der Waals surface area contributed by atoms with E-state index in [4.69, 9.17) is 24.4 Å². The predicted octanol–water partition coefficient (Wildman–Crippen LogP) is 7.07. The van der Waals surface area contributed by atoms with Crippen molar-refractivity contribution in [1.82, 2.24) is 0 Å². The zero-order chi connectivity index (χ0) is 30.9. The lowest BCUT2D eigenvalue weighted by atomic mass is 10.1. The van der Waals surface area contributed by atoms with E-state index >= 15 is 0 Å². The lowest BCUT2D eigenvalue weighted by molar-refractivity contribution is -0.160. The number of aliphatic hydroxyl groups excluding tert-OH is 2. The first-order valence-corrected chi connectivity index (χ1v) is 16.3. The second kappa shape index (κ2) is 31.5. The van der Waals surface area contributed by atoms with E-state index in [-0.39, 0.29) is 26.4 Å². The summed E-state index contributed by atoms with van der Waals surface area (Å²) in [5.74, 6) is -1.65. The summed E-state index contributed by atoms with van der Waals surface area (Å²) in [5, 5.41) is 17.6. The molecule has 0 aromatic heterocycles. The third-order valence-electron chi connectivity index (χ3n) is 6.65. The summed E-state index contributed by atoms with van der Waals surface area (Å²) in [6.07, 6.45) is 27.6. The molecule has 0 fully saturated rings. The average Bonchev–Trinajstić information content (AvgIpc) is 2.98. The van der Waals surface area contributed by atoms with Crippen LogP contribution in [0.2, 0.25) is 0 Å². The fourth-order valence-corrected chi connectivity index (χ4v) is 4.16. The van der Waals surface area contributed by atoms with E-state index in [2.05, 4.69) is 6.92 Å². The first-order valence-electron chi connectivity index (χ1n) is 16.3. The van der Waals surface area contributed by atoms with Crippen molar-refractivity contribution in [2.75, 3.05) is 26.4 Å². The molecule has 0 heterocycles. The normalized spacial score (nSPS) is 12.4. The fraction of sp³-hybridized carbons (Fsp3) is 0.735. The molecule has 0 aliphatic heterocycles. The number of ether oxygens (including phenoxy) is 3. The van der Waals surface area contributed by atoms with Gasteiger partial charge in [-0.1, -0.05) is 95.8 Å². The van der Waals surface area contributed by atoms with Gasteiger partial charge in [-0.25, -0.2) is 14.4 Å². The van der Waals surface area contributed by atoms with Gasteiger partial charge in [-0.15, -0.1) is 0 Å². The molecule has 0 aliphatic carbocycles. The van der Waals surface area contributed by atoms with Crippen LogP contribution in [0.5, 0.6) is 0 Å². The van der Waals surface area contributed by atoms with Gasteiger partial charge in [-0.2, -0.15) is 0 Å². The van der Waals surface area contributed by atoms with Gasteiger partial charge in [0.1, 0.15) is 13.2 Å². The first kappa shape index (κ1) is 39.5. The first-order chi connectivity index (χ1) is 20.5. The topological polar surface area (TPSA) is 119 Å². The number of carbonyl (C=O) groups is 3. The molecular formula is C34H58O8. The summed E-state index contributed by atoms with van der Waals surface area (Å²) in [6.45, 7) is 2.20. The highest BCUT2D eigenvalue weighted by molar-refractivity contribution is 5.83. The summed E-state index contributed by atoms with van der Waals surface area (Å²) < 4.78 is 15.9. The molecule has 0 radical (unpaired) electrons. The Morgan fingerprint density at radius 2 is 0.881 bits per heavy atom. The van der Waals surface area contributed by atoms with Crippen LogP contribution in [0.25, 0.3) is 0 Å². The highest BCUT2D eigenvalue weighted by Crippen LogP contribution is 2.09. The number of aliphatic hydroxyl groups is 2. The predicted molar refractivity (Wildman–Crippen MR) is 167 cm³/mol. The molecule has 0 spiro atoms. The smallest absolute Gasteiger partial charge is 0.330 e. The molecule has 42 heavy (non-hydrogen) atoms. The minimum atomic E-state index is -0.916. The van der Waals surface area contributed by atoms with Crippen LogP contribution in [-0.4, -0.2) is 60.7 Å². The largest absolute Gasteiger partial charge is 0.458 e. The standard InChI is InChI=1S/C34H58O8/c1-2-3-4-5-6-9-14-19-24-32(37)40-29-31(42-34(39)26-21-16-11-8-13-18-23-28-36)30-41-33(38)25-20-15-10-7-12-17-22-27-35/h19-21,24-26,31,35-36H,2-18,22-23,27-30H2,1H3/b24-19+,25-20+,26-21+. The van der Waals surface area contributed by atoms with Crippen molar-refractivity contribution in [1.29, 1.82) is 0 Å². The molecule has 0 aliphatic rings. The number of hydrogen-bond acceptors (Lipinski definition) is 8. The monoisotopic (exact) mass is 594 g/mol. The molecule has 242 valence electrons. The van der Waals surface area contributed by atoms with Crippen molar-refractivity contribution in [2.45, 2.75) is 135 Å². The van der Waals surface area contributed by atoms with Crippen LogP contribution < -0.4 is 0 Å². The van der Waals surface area contributed by atoms with Gasteiger partial charge in [0, 0.05) is 31.4 Å². The van der Waals surface area contributed by atoms with Crippen molar-refractivity contribution in [2.24, 2.45) is 0 Å². The second-order valence-corrected chi connectivity index (χ2v) is 10.6. The van der Waals surface area contributed by atoms with Crippen molar-refractivity contribution >= 4 is 17.9 Å². The van der Waals surface area contributed by atoms with Gasteiger partial charge >= 0.3 is 17.9 Å². The zero-order valence-electron chi connectivity index (χ0n) is 26.1. The van der Waals surface area contributed by atoms with E-state index in [1.165, 1.54) is 43.9 Å². The van der Waals surface area contributed by atoms with Crippen molar-refractivity contribution < 1.29 is 38.8 Å². The van der Waals surface area contributed by atoms with E-state index in [0.717, 1.165) is 96.3 Å². The molecule has 8 heteroatoms. The Balaban J connectivity index is 4.58. The van der Waals surface area contributed by atoms with Crippen LogP contribution >= 0.6 is 0 Å². The van der Waals surface area contributed by atoms with Gasteiger partial charge in [0.05, 0.1) is 0 Å². The van der Waals surface area contributed by atoms with E-state index in [1.807, 2.05) is 0 Å². The van der Waals surface area contributed by atoms with Crippen LogP contribution in [0.1, 0.15) is 129 Å². The number of unbranched alkanes of at least 4 members (excludes halogenated alkanes) is 16. The fourth-order valence-electron chi connectivity index (χ4n) is 4.16. The van der Waals surface area contributed by atoms with Gasteiger partial charge < -0.3 is 24.4 Å². The molecule has 0 aromatic carbocycles. The third-order valence-corrected chi connectivity index (χ3v) is 6.65. The molecule has 0 amide bonds. The molecule has 0 bridgehead atoms. The van der Waals surface area contributed by atoms with Crippen molar-refractivity contribution in [3.05, 3.63) is 36.5 Å². The quantitative estimate of drug-likeness (QED) is 0.0408. The maximum Gasteiger partial charge on any atom is 0.330 e. The number of rotatable bonds is 29. The molecule has 0 rings (SSSR count). The molecule has 2 N–H and O–H groups in total. The van der Waals surface area contributed by atoms with Crippen LogP contribution in [0.15, 0.2) is 36.5 Å². The highest BCUT2D eigenvalue weighted by Gasteiger charge is 2.17. The molecule has 8 nitrogen and oxygen atoms in total. The molecule has 1 unspecified atom stereocenters. The van der Waals surface area contributed by atoms with Gasteiger partial charge in [-0.05, 0) is 51.4 Å². The van der Waals surface area contributed by atoms with Gasteiger partial charge in [0.15, 0.2) is 6.10 Å². The maximum atomic E-state index is 12.3. The maximum absolute atomic E-state index is 12.3. The third kappa shape index (κ3) is 29.1. The van der Waals surface area contributed by atoms with E-state index in [1.54, 1.807) is 18.2 Å². The summed E-state index contributed by atoms with van der Waals surface area (Å²) in [6, 6.07) is 0. The summed E-state index contributed by atoms with van der Waals surface area (Å²) in [5.41, 5.74) is 0. The Morgan fingerprint density at radius 1 is 0.524 bits per heavy atom. The molecule has 0 aromatic rings. The van der Waals surface area contributed by atoms with Crippen molar-refractivity contribution in [3.63, 3.8) is 0 Å². The SMILES string of the molecule is CCCCCCCC/C=C/C(=O)OCC(COC(=O)/C=C/CCCCCCCO)OC(=O)/C=C/CCCCCCCO. The summed E-state index contributed by atoms with van der Waals surface area (Å²) >= 11 is 0. The van der Waals surface area contributed by atoms with Crippen LogP contribution in [0.3, 0.4) is 0 Å². The minimum absolute atomic E-state index is 0.213. The Morgan fingerprint density at radius 3 is 1.29 bits per heavy atom. The number of carbonyl (C=O) groups excluding carboxylic acids is 3. The van der Waals surface area contributed by atoms with Gasteiger partial charge in [-0.3, -0.25) is 0 Å². The molecule has 0 saturated carbocycles. The van der Waals surface area contributed by atoms with Gasteiger partial charge in [0.25, 0.3) is 0 Å². The Hall–Kier alpha value is -2.45. The van der Waals surface area contributed by atoms with Crippen molar-refractivity contribution in [3.8, 4) is 0 Å². The van der Waals surface area contributed by atoms with E-state index in [9.17, 15) is 14.4 Å². The van der Waals surface area contributed by atoms with E-state index in [0.29, 0.717) is 0 Å². The Kier molecular flexibility index (Phi) is 29.6. The molecule has 0 saturated heterocycles. The Labute approximate surface area is 254 Å². The second-order valence-electron chi connectivity index (χ2n) is 10.6. The van der Waals surface area contributed by atoms with Gasteiger partial charge in [0.2, 0.25) is 0 Å². The summed E-state index contributed by atoms with van der Waals surface area (Å²) in [7, 11) is 0. The summed E-state index contributed by atoms with van der Waals surface area (Å²) in [4.78, 5) is 36.6. The Bertz CT molecular complexity index is 702.